The molecular weight excluding hydrogens is 385 g/mol. The quantitative estimate of drug-likeness (QED) is 0.780. The summed E-state index contributed by atoms with van der Waals surface area (Å²) in [7, 11) is 1.14. The minimum atomic E-state index is -4.56. The van der Waals surface area contributed by atoms with Crippen LogP contribution in [-0.2, 0) is 10.9 Å². The Morgan fingerprint density at radius 1 is 1.28 bits per heavy atom. The molecule has 1 saturated heterocycles. The first-order valence-corrected chi connectivity index (χ1v) is 9.13. The Labute approximate surface area is 166 Å². The molecule has 0 unspecified atom stereocenters. The maximum Gasteiger partial charge on any atom is 0.416 e. The first-order valence-electron chi connectivity index (χ1n) is 9.13. The van der Waals surface area contributed by atoms with Gasteiger partial charge in [0, 0.05) is 19.3 Å². The number of nitriles is 1. The van der Waals surface area contributed by atoms with Crippen LogP contribution >= 0.6 is 0 Å². The van der Waals surface area contributed by atoms with Gasteiger partial charge in [0.1, 0.15) is 6.07 Å². The second-order valence-electron chi connectivity index (χ2n) is 7.15. The van der Waals surface area contributed by atoms with E-state index in [1.165, 1.54) is 16.8 Å². The zero-order chi connectivity index (χ0) is 21.3. The Hall–Kier alpha value is -3.15. The highest BCUT2D eigenvalue weighted by atomic mass is 19.4. The monoisotopic (exact) mass is 406 g/mol. The Bertz CT molecular complexity index is 967. The molecule has 154 valence electrons. The maximum absolute atomic E-state index is 13.4. The number of hydrogen-bond acceptors (Lipinski definition) is 5. The number of piperidine rings is 1. The maximum atomic E-state index is 13.4. The number of nitrogens with two attached hydrogens (primary N) is 1. The number of hydrogen-bond donors (Lipinski definition) is 1. The summed E-state index contributed by atoms with van der Waals surface area (Å²) < 4.78 is 46.2. The zero-order valence-corrected chi connectivity index (χ0v) is 16.1. The molecule has 1 aliphatic rings. The summed E-state index contributed by atoms with van der Waals surface area (Å²) >= 11 is 0. The van der Waals surface area contributed by atoms with E-state index in [0.29, 0.717) is 24.7 Å². The summed E-state index contributed by atoms with van der Waals surface area (Å²) in [6.45, 7) is 3.48. The highest BCUT2D eigenvalue weighted by Crippen LogP contribution is 2.37. The molecule has 1 aromatic heterocycles. The van der Waals surface area contributed by atoms with Crippen molar-refractivity contribution in [1.29, 1.82) is 5.26 Å². The molecule has 0 amide bonds. The largest absolute Gasteiger partial charge is 0.464 e. The van der Waals surface area contributed by atoms with Crippen LogP contribution in [0.25, 0.3) is 5.69 Å². The minimum absolute atomic E-state index is 0.0129. The normalized spacial score (nSPS) is 15.2. The third kappa shape index (κ3) is 3.88. The summed E-state index contributed by atoms with van der Waals surface area (Å²) in [6.07, 6.45) is -1.48. The Morgan fingerprint density at radius 2 is 1.93 bits per heavy atom. The molecule has 3 rings (SSSR count). The highest BCUT2D eigenvalue weighted by molar-refractivity contribution is 5.96. The van der Waals surface area contributed by atoms with Crippen LogP contribution in [0.5, 0.6) is 0 Å². The van der Waals surface area contributed by atoms with Gasteiger partial charge in [0.2, 0.25) is 0 Å². The van der Waals surface area contributed by atoms with Crippen molar-refractivity contribution < 1.29 is 22.7 Å². The van der Waals surface area contributed by atoms with Gasteiger partial charge in [0.15, 0.2) is 5.69 Å². The number of nitrogen functional groups attached to an aromatic ring is 1. The van der Waals surface area contributed by atoms with E-state index in [9.17, 15) is 23.2 Å². The summed E-state index contributed by atoms with van der Waals surface area (Å²) in [5.74, 6) is -0.304. The lowest BCUT2D eigenvalue weighted by molar-refractivity contribution is -0.137. The van der Waals surface area contributed by atoms with Gasteiger partial charge in [0.05, 0.1) is 35.3 Å². The average Bonchev–Trinajstić information content (AvgIpc) is 3.03. The van der Waals surface area contributed by atoms with Crippen LogP contribution in [0.15, 0.2) is 24.4 Å². The summed E-state index contributed by atoms with van der Waals surface area (Å²) in [5, 5.41) is 9.30. The van der Waals surface area contributed by atoms with Gasteiger partial charge in [-0.25, -0.2) is 4.79 Å². The Balaban J connectivity index is 2.24. The van der Waals surface area contributed by atoms with E-state index in [2.05, 4.69) is 6.92 Å². The van der Waals surface area contributed by atoms with Gasteiger partial charge in [-0.05, 0) is 37.0 Å². The number of carbonyl (C=O) groups is 1. The van der Waals surface area contributed by atoms with Crippen LogP contribution in [0, 0.1) is 17.2 Å². The summed E-state index contributed by atoms with van der Waals surface area (Å²) in [6, 6.07) is 5.26. The van der Waals surface area contributed by atoms with Crippen molar-refractivity contribution in [2.45, 2.75) is 25.9 Å². The number of esters is 1. The molecule has 1 aromatic carbocycles. The average molecular weight is 406 g/mol. The molecule has 0 bridgehead atoms. The highest BCUT2D eigenvalue weighted by Gasteiger charge is 2.33. The van der Waals surface area contributed by atoms with Crippen LogP contribution in [0.3, 0.4) is 0 Å². The molecule has 2 heterocycles. The Morgan fingerprint density at radius 3 is 2.48 bits per heavy atom. The minimum Gasteiger partial charge on any atom is -0.464 e. The van der Waals surface area contributed by atoms with Gasteiger partial charge in [0.25, 0.3) is 0 Å². The van der Waals surface area contributed by atoms with E-state index in [1.807, 2.05) is 11.0 Å². The number of benzene rings is 1. The molecule has 0 spiro atoms. The Kier molecular flexibility index (Phi) is 5.46. The molecule has 2 N–H and O–H groups in total. The third-order valence-electron chi connectivity index (χ3n) is 5.23. The van der Waals surface area contributed by atoms with Gasteiger partial charge in [-0.3, -0.25) is 0 Å². The zero-order valence-electron chi connectivity index (χ0n) is 16.1. The van der Waals surface area contributed by atoms with E-state index in [4.69, 9.17) is 10.5 Å². The molecule has 29 heavy (non-hydrogen) atoms. The smallest absolute Gasteiger partial charge is 0.416 e. The van der Waals surface area contributed by atoms with Crippen LogP contribution in [0.2, 0.25) is 0 Å². The number of ether oxygens (including phenoxy) is 1. The van der Waals surface area contributed by atoms with Gasteiger partial charge < -0.3 is 19.9 Å². The fraction of sp³-hybridized carbons (Fsp3) is 0.400. The molecule has 0 saturated carbocycles. The van der Waals surface area contributed by atoms with Crippen molar-refractivity contribution in [2.75, 3.05) is 30.8 Å². The fourth-order valence-corrected chi connectivity index (χ4v) is 3.51. The van der Waals surface area contributed by atoms with Crippen molar-refractivity contribution in [1.82, 2.24) is 4.57 Å². The van der Waals surface area contributed by atoms with E-state index in [1.54, 1.807) is 0 Å². The predicted molar refractivity (Wildman–Crippen MR) is 102 cm³/mol. The molecule has 9 heteroatoms. The fourth-order valence-electron chi connectivity index (χ4n) is 3.51. The van der Waals surface area contributed by atoms with Gasteiger partial charge in [-0.2, -0.15) is 18.4 Å². The lowest BCUT2D eigenvalue weighted by Gasteiger charge is -2.34. The standard InChI is InChI=1S/C20H21F3N4O2/c1-12-5-7-26(8-6-12)15-4-3-14(20(21,22)23)9-16(15)27-11-13(10-24)17(25)18(27)19(28)29-2/h3-4,9,11-12H,5-8,25H2,1-2H3. The number of methoxy groups -OCH3 is 1. The first-order chi connectivity index (χ1) is 13.7. The van der Waals surface area contributed by atoms with Crippen molar-refractivity contribution in [3.8, 4) is 11.8 Å². The molecule has 0 aliphatic carbocycles. The number of rotatable bonds is 3. The van der Waals surface area contributed by atoms with Crippen LogP contribution in [0.4, 0.5) is 24.5 Å². The van der Waals surface area contributed by atoms with Gasteiger partial charge in [-0.1, -0.05) is 6.92 Å². The second kappa shape index (κ2) is 7.70. The molecule has 2 aromatic rings. The van der Waals surface area contributed by atoms with Gasteiger partial charge >= 0.3 is 12.1 Å². The number of anilines is 2. The van der Waals surface area contributed by atoms with E-state index >= 15 is 0 Å². The number of aromatic nitrogens is 1. The van der Waals surface area contributed by atoms with E-state index < -0.39 is 17.7 Å². The molecule has 1 aliphatic heterocycles. The number of alkyl halides is 3. The topological polar surface area (TPSA) is 84.3 Å². The molecule has 6 nitrogen and oxygen atoms in total. The molecule has 0 atom stereocenters. The SMILES string of the molecule is COC(=O)c1c(N)c(C#N)cn1-c1cc(C(F)(F)F)ccc1N1CCC(C)CC1. The molecular formula is C20H21F3N4O2. The predicted octanol–water partition coefficient (Wildman–Crippen LogP) is 3.97. The van der Waals surface area contributed by atoms with Crippen molar-refractivity contribution >= 4 is 17.3 Å². The van der Waals surface area contributed by atoms with Gasteiger partial charge in [-0.15, -0.1) is 0 Å². The van der Waals surface area contributed by atoms with E-state index in [-0.39, 0.29) is 22.6 Å². The van der Waals surface area contributed by atoms with E-state index in [0.717, 1.165) is 32.1 Å². The van der Waals surface area contributed by atoms with Crippen molar-refractivity contribution in [3.05, 3.63) is 41.2 Å². The number of carbonyl (C=O) groups excluding carboxylic acids is 1. The van der Waals surface area contributed by atoms with Crippen LogP contribution in [-0.4, -0.2) is 30.7 Å². The second-order valence-corrected chi connectivity index (χ2v) is 7.15. The lowest BCUT2D eigenvalue weighted by Crippen LogP contribution is -2.33. The van der Waals surface area contributed by atoms with Crippen molar-refractivity contribution in [3.63, 3.8) is 0 Å². The van der Waals surface area contributed by atoms with Crippen LogP contribution in [0.1, 0.15) is 41.4 Å². The first kappa shape index (κ1) is 20.6. The van der Waals surface area contributed by atoms with Crippen molar-refractivity contribution in [2.24, 2.45) is 5.92 Å². The summed E-state index contributed by atoms with van der Waals surface area (Å²) in [5.41, 5.74) is 5.41. The third-order valence-corrected chi connectivity index (χ3v) is 5.23. The number of nitrogens with zero attached hydrogens (tertiary/aromatic N) is 3. The number of halogens is 3. The summed E-state index contributed by atoms with van der Waals surface area (Å²) in [4.78, 5) is 14.3. The molecule has 0 radical (unpaired) electrons. The molecule has 1 fully saturated rings. The van der Waals surface area contributed by atoms with Crippen LogP contribution < -0.4 is 10.6 Å². The lowest BCUT2D eigenvalue weighted by atomic mass is 9.98.